The number of nitrogens with zero attached hydrogens (tertiary/aromatic N) is 1. The minimum absolute atomic E-state index is 0.0732. The van der Waals surface area contributed by atoms with Gasteiger partial charge in [-0.05, 0) is 54.2 Å². The fourth-order valence-corrected chi connectivity index (χ4v) is 4.21. The third-order valence-electron chi connectivity index (χ3n) is 4.31. The van der Waals surface area contributed by atoms with Crippen LogP contribution >= 0.6 is 39.3 Å². The maximum absolute atomic E-state index is 12.7. The number of esters is 1. The van der Waals surface area contributed by atoms with Crippen LogP contribution in [0.5, 0.6) is 5.75 Å². The predicted molar refractivity (Wildman–Crippen MR) is 125 cm³/mol. The molecule has 0 atom stereocenters. The molecule has 8 nitrogen and oxygen atoms in total. The van der Waals surface area contributed by atoms with E-state index in [9.17, 15) is 19.2 Å². The summed E-state index contributed by atoms with van der Waals surface area (Å²) in [5.41, 5.74) is 0.943. The molecule has 0 bridgehead atoms. The molecule has 1 N–H and O–H groups in total. The fourth-order valence-electron chi connectivity index (χ4n) is 2.81. The molecule has 0 radical (unpaired) electrons. The Kier molecular flexibility index (Phi) is 7.60. The number of hydrogen-bond donors (Lipinski definition) is 1. The van der Waals surface area contributed by atoms with Gasteiger partial charge in [0, 0.05) is 15.7 Å². The smallest absolute Gasteiger partial charge is 0.339 e. The molecular formula is C21H16BrClN2O6S. The summed E-state index contributed by atoms with van der Waals surface area (Å²) in [7, 11) is 2.71. The molecule has 1 heterocycles. The van der Waals surface area contributed by atoms with Gasteiger partial charge in [-0.15, -0.1) is 0 Å². The lowest BCUT2D eigenvalue weighted by Crippen LogP contribution is -2.36. The Bertz CT molecular complexity index is 1150. The van der Waals surface area contributed by atoms with Gasteiger partial charge in [-0.2, -0.15) is 0 Å². The van der Waals surface area contributed by atoms with Gasteiger partial charge in [-0.3, -0.25) is 19.3 Å². The first-order valence-electron chi connectivity index (χ1n) is 9.00. The van der Waals surface area contributed by atoms with Crippen molar-refractivity contribution < 1.29 is 28.7 Å². The van der Waals surface area contributed by atoms with E-state index in [1.807, 2.05) is 0 Å². The number of imide groups is 1. The van der Waals surface area contributed by atoms with Crippen LogP contribution in [0, 0.1) is 0 Å². The zero-order chi connectivity index (χ0) is 23.4. The summed E-state index contributed by atoms with van der Waals surface area (Å²) < 4.78 is 10.7. The number of benzene rings is 2. The highest BCUT2D eigenvalue weighted by molar-refractivity contribution is 9.10. The molecule has 11 heteroatoms. The molecule has 0 unspecified atom stereocenters. The minimum atomic E-state index is -0.662. The van der Waals surface area contributed by atoms with E-state index in [0.717, 1.165) is 21.1 Å². The van der Waals surface area contributed by atoms with Crippen molar-refractivity contribution in [3.05, 3.63) is 61.9 Å². The van der Waals surface area contributed by atoms with E-state index in [1.165, 1.54) is 38.5 Å². The van der Waals surface area contributed by atoms with Gasteiger partial charge in [-0.25, -0.2) is 4.79 Å². The van der Waals surface area contributed by atoms with E-state index in [4.69, 9.17) is 16.3 Å². The molecule has 1 aliphatic rings. The number of halogens is 2. The second-order valence-corrected chi connectivity index (χ2v) is 8.70. The zero-order valence-electron chi connectivity index (χ0n) is 16.8. The third kappa shape index (κ3) is 5.32. The molecule has 3 amide bonds. The Labute approximate surface area is 201 Å². The number of carbonyl (C=O) groups excluding carboxylic acids is 4. The molecule has 166 valence electrons. The number of methoxy groups -OCH3 is 2. The van der Waals surface area contributed by atoms with Crippen LogP contribution in [0.15, 0.2) is 45.8 Å². The van der Waals surface area contributed by atoms with E-state index in [2.05, 4.69) is 26.0 Å². The van der Waals surface area contributed by atoms with Crippen LogP contribution in [0.1, 0.15) is 15.9 Å². The number of amides is 3. The average Bonchev–Trinajstić information content (AvgIpc) is 3.02. The van der Waals surface area contributed by atoms with Crippen molar-refractivity contribution in [3.63, 3.8) is 0 Å². The van der Waals surface area contributed by atoms with Gasteiger partial charge < -0.3 is 14.8 Å². The first-order valence-corrected chi connectivity index (χ1v) is 11.0. The highest BCUT2D eigenvalue weighted by atomic mass is 79.9. The van der Waals surface area contributed by atoms with E-state index in [1.54, 1.807) is 18.2 Å². The Hall–Kier alpha value is -2.82. The summed E-state index contributed by atoms with van der Waals surface area (Å²) in [6.45, 7) is -0.492. The van der Waals surface area contributed by atoms with Crippen molar-refractivity contribution in [2.45, 2.75) is 0 Å². The Morgan fingerprint density at radius 1 is 1.19 bits per heavy atom. The number of carbonyl (C=O) groups is 4. The van der Waals surface area contributed by atoms with Crippen LogP contribution in [0.4, 0.5) is 10.5 Å². The number of nitrogens with one attached hydrogen (secondary N) is 1. The van der Waals surface area contributed by atoms with E-state index in [-0.39, 0.29) is 21.2 Å². The van der Waals surface area contributed by atoms with Crippen molar-refractivity contribution in [3.8, 4) is 5.75 Å². The number of thioether (sulfide) groups is 1. The van der Waals surface area contributed by atoms with Crippen LogP contribution in [0.2, 0.25) is 5.02 Å². The quantitative estimate of drug-likeness (QED) is 0.424. The fraction of sp³-hybridized carbons (Fsp3) is 0.143. The summed E-state index contributed by atoms with van der Waals surface area (Å²) in [4.78, 5) is 50.3. The molecule has 32 heavy (non-hydrogen) atoms. The van der Waals surface area contributed by atoms with Gasteiger partial charge in [0.15, 0.2) is 0 Å². The van der Waals surface area contributed by atoms with Crippen LogP contribution in [-0.4, -0.2) is 48.7 Å². The first-order chi connectivity index (χ1) is 15.2. The maximum atomic E-state index is 12.7. The standard InChI is InChI=1S/C21H16BrClN2O6S/c1-30-16-6-3-12(22)7-11(16)8-17-19(27)25(21(29)32-17)10-18(26)24-13-4-5-15(23)14(9-13)20(28)31-2/h3-9H,10H2,1-2H3,(H,24,26)/b17-8+. The van der Waals surface area contributed by atoms with E-state index >= 15 is 0 Å². The monoisotopic (exact) mass is 538 g/mol. The average molecular weight is 540 g/mol. The highest BCUT2D eigenvalue weighted by Crippen LogP contribution is 2.34. The maximum Gasteiger partial charge on any atom is 0.339 e. The molecule has 1 saturated heterocycles. The number of ether oxygens (including phenoxy) is 2. The Balaban J connectivity index is 1.74. The van der Waals surface area contributed by atoms with Crippen LogP contribution < -0.4 is 10.1 Å². The molecular weight excluding hydrogens is 524 g/mol. The zero-order valence-corrected chi connectivity index (χ0v) is 20.0. The number of anilines is 1. The first kappa shape index (κ1) is 23.8. The molecule has 1 fully saturated rings. The van der Waals surface area contributed by atoms with Crippen molar-refractivity contribution in [1.82, 2.24) is 4.90 Å². The highest BCUT2D eigenvalue weighted by Gasteiger charge is 2.36. The normalized spacial score (nSPS) is 14.6. The van der Waals surface area contributed by atoms with Crippen LogP contribution in [0.3, 0.4) is 0 Å². The molecule has 0 aliphatic carbocycles. The summed E-state index contributed by atoms with van der Waals surface area (Å²) >= 11 is 10.1. The SMILES string of the molecule is COC(=O)c1cc(NC(=O)CN2C(=O)S/C(=C/c3cc(Br)ccc3OC)C2=O)ccc1Cl. The van der Waals surface area contributed by atoms with Gasteiger partial charge in [-0.1, -0.05) is 27.5 Å². The lowest BCUT2D eigenvalue weighted by Gasteiger charge is -2.13. The molecule has 0 aromatic heterocycles. The number of rotatable bonds is 6. The molecule has 3 rings (SSSR count). The topological polar surface area (TPSA) is 102 Å². The minimum Gasteiger partial charge on any atom is -0.496 e. The second-order valence-electron chi connectivity index (χ2n) is 6.39. The lowest BCUT2D eigenvalue weighted by molar-refractivity contribution is -0.127. The van der Waals surface area contributed by atoms with Crippen molar-refractivity contribution in [1.29, 1.82) is 0 Å². The molecule has 2 aromatic rings. The summed E-state index contributed by atoms with van der Waals surface area (Å²) in [6, 6.07) is 9.52. The van der Waals surface area contributed by atoms with Crippen molar-refractivity contribution in [2.24, 2.45) is 0 Å². The van der Waals surface area contributed by atoms with Crippen molar-refractivity contribution in [2.75, 3.05) is 26.1 Å². The van der Waals surface area contributed by atoms with Crippen LogP contribution in [0.25, 0.3) is 6.08 Å². The molecule has 0 saturated carbocycles. The van der Waals surface area contributed by atoms with Gasteiger partial charge in [0.25, 0.3) is 11.1 Å². The Morgan fingerprint density at radius 3 is 2.62 bits per heavy atom. The molecule has 2 aromatic carbocycles. The lowest BCUT2D eigenvalue weighted by atomic mass is 10.2. The van der Waals surface area contributed by atoms with Gasteiger partial charge >= 0.3 is 5.97 Å². The molecule has 0 spiro atoms. The van der Waals surface area contributed by atoms with Crippen molar-refractivity contribution >= 4 is 74.1 Å². The Morgan fingerprint density at radius 2 is 1.94 bits per heavy atom. The second kappa shape index (κ2) is 10.2. The van der Waals surface area contributed by atoms with E-state index < -0.39 is 29.6 Å². The predicted octanol–water partition coefficient (Wildman–Crippen LogP) is 4.57. The van der Waals surface area contributed by atoms with E-state index in [0.29, 0.717) is 11.3 Å². The summed E-state index contributed by atoms with van der Waals surface area (Å²) in [6.07, 6.45) is 1.54. The summed E-state index contributed by atoms with van der Waals surface area (Å²) in [5.74, 6) is -1.35. The van der Waals surface area contributed by atoms with Gasteiger partial charge in [0.2, 0.25) is 5.91 Å². The molecule has 1 aliphatic heterocycles. The van der Waals surface area contributed by atoms with Gasteiger partial charge in [0.05, 0.1) is 29.7 Å². The number of hydrogen-bond acceptors (Lipinski definition) is 7. The summed E-state index contributed by atoms with van der Waals surface area (Å²) in [5, 5.41) is 2.13. The van der Waals surface area contributed by atoms with Crippen LogP contribution in [-0.2, 0) is 14.3 Å². The largest absolute Gasteiger partial charge is 0.496 e. The third-order valence-corrected chi connectivity index (χ3v) is 6.04. The van der Waals surface area contributed by atoms with Gasteiger partial charge in [0.1, 0.15) is 12.3 Å².